The zero-order chi connectivity index (χ0) is 21.9. The molecule has 4 atom stereocenters. The number of amides is 1. The molecule has 0 aromatic heterocycles. The van der Waals surface area contributed by atoms with Crippen LogP contribution in [0.5, 0.6) is 0 Å². The maximum absolute atomic E-state index is 11.8. The van der Waals surface area contributed by atoms with Crippen LogP contribution in [-0.2, 0) is 44.6 Å². The number of carbonyl (C=O) groups excluding carboxylic acids is 3. The fraction of sp³-hybridized carbons (Fsp3) is 0.550. The van der Waals surface area contributed by atoms with E-state index >= 15 is 0 Å². The molecule has 1 amide bonds. The van der Waals surface area contributed by atoms with Crippen LogP contribution in [-0.4, -0.2) is 70.0 Å². The molecule has 0 aliphatic carbocycles. The molecule has 1 aliphatic rings. The van der Waals surface area contributed by atoms with Crippen molar-refractivity contribution < 1.29 is 42.8 Å². The Morgan fingerprint density at radius 1 is 1.10 bits per heavy atom. The van der Waals surface area contributed by atoms with Crippen molar-refractivity contribution in [2.45, 2.75) is 44.6 Å². The van der Waals surface area contributed by atoms with Crippen LogP contribution >= 0.6 is 0 Å². The molecule has 1 saturated heterocycles. The highest BCUT2D eigenvalue weighted by molar-refractivity contribution is 5.70. The van der Waals surface area contributed by atoms with Crippen LogP contribution in [0, 0.1) is 0 Å². The summed E-state index contributed by atoms with van der Waals surface area (Å²) in [7, 11) is 2.67. The first-order valence-electron chi connectivity index (χ1n) is 9.43. The number of rotatable bonds is 10. The summed E-state index contributed by atoms with van der Waals surface area (Å²) in [6.07, 6.45) is -3.96. The van der Waals surface area contributed by atoms with Crippen LogP contribution in [0.3, 0.4) is 0 Å². The van der Waals surface area contributed by atoms with Gasteiger partial charge in [0.15, 0.2) is 12.4 Å². The fourth-order valence-corrected chi connectivity index (χ4v) is 2.92. The predicted molar refractivity (Wildman–Crippen MR) is 102 cm³/mol. The molecule has 0 radical (unpaired) electrons. The summed E-state index contributed by atoms with van der Waals surface area (Å²) in [4.78, 5) is 34.8. The molecular formula is C20H27NO9. The summed E-state index contributed by atoms with van der Waals surface area (Å²) in [5, 5.41) is 2.56. The lowest BCUT2D eigenvalue weighted by molar-refractivity contribution is -0.174. The van der Waals surface area contributed by atoms with Crippen LogP contribution in [0.25, 0.3) is 0 Å². The average molecular weight is 425 g/mol. The second kappa shape index (κ2) is 12.1. The quantitative estimate of drug-likeness (QED) is 0.335. The zero-order valence-corrected chi connectivity index (χ0v) is 17.2. The van der Waals surface area contributed by atoms with Gasteiger partial charge in [-0.3, -0.25) is 9.59 Å². The van der Waals surface area contributed by atoms with E-state index in [9.17, 15) is 14.4 Å². The van der Waals surface area contributed by atoms with E-state index in [4.69, 9.17) is 23.7 Å². The smallest absolute Gasteiger partial charge is 0.407 e. The first-order valence-corrected chi connectivity index (χ1v) is 9.43. The maximum Gasteiger partial charge on any atom is 0.407 e. The third-order valence-electron chi connectivity index (χ3n) is 4.30. The van der Waals surface area contributed by atoms with Gasteiger partial charge in [0.1, 0.15) is 18.8 Å². The Morgan fingerprint density at radius 2 is 1.83 bits per heavy atom. The number of esters is 2. The number of hydrogen-bond donors (Lipinski definition) is 1. The van der Waals surface area contributed by atoms with Crippen LogP contribution in [0.1, 0.15) is 18.9 Å². The topological polar surface area (TPSA) is 119 Å². The summed E-state index contributed by atoms with van der Waals surface area (Å²) in [6.45, 7) is 1.65. The summed E-state index contributed by atoms with van der Waals surface area (Å²) in [5.74, 6) is -1.06. The van der Waals surface area contributed by atoms with Crippen molar-refractivity contribution in [2.24, 2.45) is 0 Å². The van der Waals surface area contributed by atoms with Gasteiger partial charge < -0.3 is 33.7 Å². The third kappa shape index (κ3) is 7.29. The molecule has 1 fully saturated rings. The van der Waals surface area contributed by atoms with Gasteiger partial charge in [0.25, 0.3) is 0 Å². The molecule has 0 unspecified atom stereocenters. The third-order valence-corrected chi connectivity index (χ3v) is 4.30. The van der Waals surface area contributed by atoms with E-state index in [1.165, 1.54) is 21.1 Å². The minimum Gasteiger partial charge on any atom is -0.469 e. The molecule has 0 spiro atoms. The van der Waals surface area contributed by atoms with Gasteiger partial charge in [0.2, 0.25) is 0 Å². The molecule has 10 heteroatoms. The molecule has 30 heavy (non-hydrogen) atoms. The fourth-order valence-electron chi connectivity index (χ4n) is 2.92. The van der Waals surface area contributed by atoms with Gasteiger partial charge in [-0.15, -0.1) is 0 Å². The first kappa shape index (κ1) is 23.6. The Bertz CT molecular complexity index is 697. The van der Waals surface area contributed by atoms with Gasteiger partial charge in [-0.1, -0.05) is 30.3 Å². The van der Waals surface area contributed by atoms with Crippen LogP contribution in [0.4, 0.5) is 4.79 Å². The summed E-state index contributed by atoms with van der Waals surface area (Å²) < 4.78 is 31.7. The van der Waals surface area contributed by atoms with Crippen molar-refractivity contribution >= 4 is 18.0 Å². The van der Waals surface area contributed by atoms with E-state index in [1.54, 1.807) is 0 Å². The lowest BCUT2D eigenvalue weighted by atomic mass is 10.1. The van der Waals surface area contributed by atoms with Crippen LogP contribution in [0.15, 0.2) is 30.3 Å². The SMILES string of the molecule is COC(=O)C[C@@H]1O[C@@H](OCCNC(=O)OCc2ccccc2)[C@H](OC)[C@@H]1OC(C)=O. The molecule has 1 N–H and O–H groups in total. The van der Waals surface area contributed by atoms with Gasteiger partial charge >= 0.3 is 18.0 Å². The first-order chi connectivity index (χ1) is 14.4. The van der Waals surface area contributed by atoms with E-state index in [0.717, 1.165) is 5.56 Å². The highest BCUT2D eigenvalue weighted by Crippen LogP contribution is 2.29. The normalized spacial score (nSPS) is 22.9. The van der Waals surface area contributed by atoms with E-state index in [0.29, 0.717) is 0 Å². The van der Waals surface area contributed by atoms with Crippen molar-refractivity contribution in [2.75, 3.05) is 27.4 Å². The largest absolute Gasteiger partial charge is 0.469 e. The minimum atomic E-state index is -0.892. The average Bonchev–Trinajstić information content (AvgIpc) is 3.05. The van der Waals surface area contributed by atoms with Crippen molar-refractivity contribution in [3.8, 4) is 0 Å². The molecule has 166 valence electrons. The summed E-state index contributed by atoms with van der Waals surface area (Å²) >= 11 is 0. The van der Waals surface area contributed by atoms with Crippen molar-refractivity contribution in [1.82, 2.24) is 5.32 Å². The van der Waals surface area contributed by atoms with Crippen molar-refractivity contribution in [3.63, 3.8) is 0 Å². The summed E-state index contributed by atoms with van der Waals surface area (Å²) in [6, 6.07) is 9.29. The Labute approximate surface area is 174 Å². The molecule has 1 heterocycles. The lowest BCUT2D eigenvalue weighted by Crippen LogP contribution is -2.40. The number of methoxy groups -OCH3 is 2. The highest BCUT2D eigenvalue weighted by Gasteiger charge is 2.48. The molecule has 1 aromatic carbocycles. The van der Waals surface area contributed by atoms with Crippen LogP contribution < -0.4 is 5.32 Å². The van der Waals surface area contributed by atoms with E-state index in [-0.39, 0.29) is 26.2 Å². The zero-order valence-electron chi connectivity index (χ0n) is 17.2. The van der Waals surface area contributed by atoms with E-state index in [2.05, 4.69) is 10.1 Å². The van der Waals surface area contributed by atoms with Crippen molar-refractivity contribution in [1.29, 1.82) is 0 Å². The molecule has 2 rings (SSSR count). The van der Waals surface area contributed by atoms with E-state index < -0.39 is 42.6 Å². The number of carbonyl (C=O) groups is 3. The molecular weight excluding hydrogens is 398 g/mol. The Kier molecular flexibility index (Phi) is 9.52. The number of nitrogens with one attached hydrogen (secondary N) is 1. The standard InChI is InChI=1S/C20H27NO9/c1-13(22)29-17-15(11-16(23)25-2)30-19(18(17)26-3)27-10-9-21-20(24)28-12-14-7-5-4-6-8-14/h4-8,15,17-19H,9-12H2,1-3H3,(H,21,24)/t15-,17+,18+,19+/m0/s1. The lowest BCUT2D eigenvalue weighted by Gasteiger charge is -2.22. The van der Waals surface area contributed by atoms with Crippen LogP contribution in [0.2, 0.25) is 0 Å². The number of ether oxygens (including phenoxy) is 6. The van der Waals surface area contributed by atoms with Gasteiger partial charge in [-0.05, 0) is 5.56 Å². The molecule has 10 nitrogen and oxygen atoms in total. The van der Waals surface area contributed by atoms with Crippen molar-refractivity contribution in [3.05, 3.63) is 35.9 Å². The predicted octanol–water partition coefficient (Wildman–Crippen LogP) is 1.16. The monoisotopic (exact) mass is 425 g/mol. The number of hydrogen-bond acceptors (Lipinski definition) is 9. The minimum absolute atomic E-state index is 0.0860. The Balaban J connectivity index is 1.79. The van der Waals surface area contributed by atoms with Gasteiger partial charge in [-0.25, -0.2) is 4.79 Å². The molecule has 1 aromatic rings. The highest BCUT2D eigenvalue weighted by atomic mass is 16.7. The Morgan fingerprint density at radius 3 is 2.47 bits per heavy atom. The molecule has 0 saturated carbocycles. The molecule has 1 aliphatic heterocycles. The van der Waals surface area contributed by atoms with Gasteiger partial charge in [-0.2, -0.15) is 0 Å². The second-order valence-corrected chi connectivity index (χ2v) is 6.46. The Hall–Kier alpha value is -2.69. The second-order valence-electron chi connectivity index (χ2n) is 6.46. The van der Waals surface area contributed by atoms with E-state index in [1.807, 2.05) is 30.3 Å². The van der Waals surface area contributed by atoms with Gasteiger partial charge in [0.05, 0.1) is 20.1 Å². The summed E-state index contributed by atoms with van der Waals surface area (Å²) in [5.41, 5.74) is 0.874. The molecule has 0 bridgehead atoms. The maximum atomic E-state index is 11.8. The van der Waals surface area contributed by atoms with Gasteiger partial charge in [0, 0.05) is 20.6 Å². The number of benzene rings is 1. The number of alkyl carbamates (subject to hydrolysis) is 1.